The summed E-state index contributed by atoms with van der Waals surface area (Å²) < 4.78 is 3.09. The first-order valence-electron chi connectivity index (χ1n) is 5.14. The first kappa shape index (κ1) is 11.8. The lowest BCUT2D eigenvalue weighted by molar-refractivity contribution is 0.693. The van der Waals surface area contributed by atoms with E-state index >= 15 is 0 Å². The van der Waals surface area contributed by atoms with Crippen LogP contribution in [0.15, 0.2) is 18.6 Å². The van der Waals surface area contributed by atoms with E-state index in [0.29, 0.717) is 0 Å². The third kappa shape index (κ3) is 3.18. The summed E-state index contributed by atoms with van der Waals surface area (Å²) in [7, 11) is 0. The zero-order chi connectivity index (χ0) is 11.4. The van der Waals surface area contributed by atoms with Gasteiger partial charge >= 0.3 is 0 Å². The number of hydrogen-bond donors (Lipinski definition) is 1. The van der Waals surface area contributed by atoms with Crippen LogP contribution in [0.2, 0.25) is 0 Å². The molecule has 0 aromatic carbocycles. The molecule has 2 aromatic rings. The van der Waals surface area contributed by atoms with Gasteiger partial charge in [-0.05, 0) is 29.0 Å². The van der Waals surface area contributed by atoms with Crippen molar-refractivity contribution in [3.8, 4) is 0 Å². The van der Waals surface area contributed by atoms with Crippen molar-refractivity contribution in [2.45, 2.75) is 19.9 Å². The van der Waals surface area contributed by atoms with Gasteiger partial charge in [-0.3, -0.25) is 4.68 Å². The van der Waals surface area contributed by atoms with Crippen LogP contribution in [0.5, 0.6) is 0 Å². The van der Waals surface area contributed by atoms with E-state index in [2.05, 4.69) is 44.9 Å². The lowest BCUT2D eigenvalue weighted by Crippen LogP contribution is -1.98. The Balaban J connectivity index is 1.97. The fourth-order valence-corrected chi connectivity index (χ4v) is 2.56. The molecule has 4 nitrogen and oxygen atoms in total. The third-order valence-electron chi connectivity index (χ3n) is 2.00. The summed E-state index contributed by atoms with van der Waals surface area (Å²) >= 11 is 3.95. The van der Waals surface area contributed by atoms with Crippen molar-refractivity contribution in [1.29, 1.82) is 0 Å². The molecule has 16 heavy (non-hydrogen) atoms. The predicted molar refractivity (Wildman–Crippen MR) is 74.9 cm³/mol. The predicted octanol–water partition coefficient (Wildman–Crippen LogP) is 2.81. The Labute approximate surface area is 112 Å². The van der Waals surface area contributed by atoms with Gasteiger partial charge in [0.2, 0.25) is 0 Å². The molecule has 2 heterocycles. The van der Waals surface area contributed by atoms with E-state index in [9.17, 15) is 0 Å². The normalized spacial score (nSPS) is 10.6. The molecule has 0 spiro atoms. The SMILES string of the molecule is CCCNc1ncc(Cn2cc(I)cn2)s1. The minimum atomic E-state index is 0.800. The highest BCUT2D eigenvalue weighted by Crippen LogP contribution is 2.19. The molecule has 2 aromatic heterocycles. The highest BCUT2D eigenvalue weighted by Gasteiger charge is 2.02. The van der Waals surface area contributed by atoms with Gasteiger partial charge in [0.05, 0.1) is 16.3 Å². The summed E-state index contributed by atoms with van der Waals surface area (Å²) in [5, 5.41) is 8.53. The molecular formula is C10H13IN4S. The van der Waals surface area contributed by atoms with Gasteiger partial charge in [0.25, 0.3) is 0 Å². The van der Waals surface area contributed by atoms with Crippen molar-refractivity contribution < 1.29 is 0 Å². The van der Waals surface area contributed by atoms with E-state index in [-0.39, 0.29) is 0 Å². The van der Waals surface area contributed by atoms with Crippen molar-refractivity contribution in [1.82, 2.24) is 14.8 Å². The van der Waals surface area contributed by atoms with Crippen molar-refractivity contribution >= 4 is 39.1 Å². The molecular weight excluding hydrogens is 335 g/mol. The van der Waals surface area contributed by atoms with E-state index in [1.807, 2.05) is 23.3 Å². The van der Waals surface area contributed by atoms with Crippen LogP contribution < -0.4 is 5.32 Å². The van der Waals surface area contributed by atoms with E-state index in [1.54, 1.807) is 11.3 Å². The minimum absolute atomic E-state index is 0.800. The van der Waals surface area contributed by atoms with Crippen molar-refractivity contribution in [3.05, 3.63) is 27.0 Å². The molecule has 6 heteroatoms. The quantitative estimate of drug-likeness (QED) is 0.845. The molecule has 86 valence electrons. The molecule has 0 aliphatic carbocycles. The van der Waals surface area contributed by atoms with Gasteiger partial charge < -0.3 is 5.32 Å². The molecule has 0 atom stereocenters. The zero-order valence-corrected chi connectivity index (χ0v) is 12.0. The van der Waals surface area contributed by atoms with Gasteiger partial charge in [-0.25, -0.2) is 4.98 Å². The minimum Gasteiger partial charge on any atom is -0.362 e. The highest BCUT2D eigenvalue weighted by atomic mass is 127. The fraction of sp³-hybridized carbons (Fsp3) is 0.400. The number of halogens is 1. The maximum Gasteiger partial charge on any atom is 0.182 e. The second kappa shape index (κ2) is 5.62. The monoisotopic (exact) mass is 348 g/mol. The molecule has 0 aliphatic heterocycles. The second-order valence-corrected chi connectivity index (χ2v) is 5.78. The van der Waals surface area contributed by atoms with Gasteiger partial charge in [0, 0.05) is 23.8 Å². The zero-order valence-electron chi connectivity index (χ0n) is 8.98. The van der Waals surface area contributed by atoms with Crippen LogP contribution >= 0.6 is 33.9 Å². The van der Waals surface area contributed by atoms with E-state index in [1.165, 1.54) is 4.88 Å². The molecule has 0 aliphatic rings. The average Bonchev–Trinajstić information content (AvgIpc) is 2.86. The van der Waals surface area contributed by atoms with Crippen LogP contribution in [0.1, 0.15) is 18.2 Å². The summed E-state index contributed by atoms with van der Waals surface area (Å²) in [5.41, 5.74) is 0. The van der Waals surface area contributed by atoms with E-state index in [0.717, 1.165) is 28.2 Å². The Morgan fingerprint density at radius 3 is 3.06 bits per heavy atom. The Hall–Kier alpha value is -0.630. The summed E-state index contributed by atoms with van der Waals surface area (Å²) in [5.74, 6) is 0. The lowest BCUT2D eigenvalue weighted by Gasteiger charge is -1.98. The van der Waals surface area contributed by atoms with E-state index < -0.39 is 0 Å². The van der Waals surface area contributed by atoms with Crippen LogP contribution in [0.4, 0.5) is 5.13 Å². The number of nitrogens with zero attached hydrogens (tertiary/aromatic N) is 3. The van der Waals surface area contributed by atoms with Gasteiger partial charge in [0.1, 0.15) is 0 Å². The number of thiazole rings is 1. The maximum absolute atomic E-state index is 4.32. The fourth-order valence-electron chi connectivity index (χ4n) is 1.28. The lowest BCUT2D eigenvalue weighted by atomic mass is 10.5. The molecule has 1 N–H and O–H groups in total. The molecule has 0 saturated heterocycles. The second-order valence-electron chi connectivity index (χ2n) is 3.41. The summed E-state index contributed by atoms with van der Waals surface area (Å²) in [6.45, 7) is 3.92. The molecule has 0 bridgehead atoms. The number of nitrogens with one attached hydrogen (secondary N) is 1. The Morgan fingerprint density at radius 1 is 1.50 bits per heavy atom. The van der Waals surface area contributed by atoms with Crippen LogP contribution in [-0.2, 0) is 6.54 Å². The van der Waals surface area contributed by atoms with Crippen LogP contribution in [0.3, 0.4) is 0 Å². The Bertz CT molecular complexity index is 451. The van der Waals surface area contributed by atoms with Gasteiger partial charge in [0.15, 0.2) is 5.13 Å². The number of anilines is 1. The molecule has 0 radical (unpaired) electrons. The summed E-state index contributed by atoms with van der Waals surface area (Å²) in [6.07, 6.45) is 6.92. The largest absolute Gasteiger partial charge is 0.362 e. The molecule has 0 saturated carbocycles. The molecule has 2 rings (SSSR count). The number of rotatable bonds is 5. The average molecular weight is 348 g/mol. The standard InChI is InChI=1S/C10H13IN4S/c1-2-3-12-10-13-5-9(16-10)7-15-6-8(11)4-14-15/h4-6H,2-3,7H2,1H3,(H,12,13). The third-order valence-corrected chi connectivity index (χ3v) is 3.50. The van der Waals surface area contributed by atoms with Crippen molar-refractivity contribution in [2.75, 3.05) is 11.9 Å². The Kier molecular flexibility index (Phi) is 4.16. The van der Waals surface area contributed by atoms with Crippen molar-refractivity contribution in [2.24, 2.45) is 0 Å². The maximum atomic E-state index is 4.32. The first-order chi connectivity index (χ1) is 7.78. The summed E-state index contributed by atoms with van der Waals surface area (Å²) in [6, 6.07) is 0. The van der Waals surface area contributed by atoms with Crippen LogP contribution in [0, 0.1) is 3.57 Å². The smallest absolute Gasteiger partial charge is 0.182 e. The highest BCUT2D eigenvalue weighted by molar-refractivity contribution is 14.1. The number of hydrogen-bond acceptors (Lipinski definition) is 4. The van der Waals surface area contributed by atoms with Crippen LogP contribution in [-0.4, -0.2) is 21.3 Å². The molecule has 0 amide bonds. The molecule has 0 fully saturated rings. The van der Waals surface area contributed by atoms with Gasteiger partial charge in [-0.2, -0.15) is 5.10 Å². The number of aromatic nitrogens is 3. The van der Waals surface area contributed by atoms with Crippen LogP contribution in [0.25, 0.3) is 0 Å². The van der Waals surface area contributed by atoms with Gasteiger partial charge in [-0.1, -0.05) is 6.92 Å². The molecule has 0 unspecified atom stereocenters. The topological polar surface area (TPSA) is 42.7 Å². The summed E-state index contributed by atoms with van der Waals surface area (Å²) in [4.78, 5) is 5.54. The van der Waals surface area contributed by atoms with Crippen molar-refractivity contribution in [3.63, 3.8) is 0 Å². The first-order valence-corrected chi connectivity index (χ1v) is 7.04. The van der Waals surface area contributed by atoms with E-state index in [4.69, 9.17) is 0 Å². The van der Waals surface area contributed by atoms with Gasteiger partial charge in [-0.15, -0.1) is 11.3 Å². The Morgan fingerprint density at radius 2 is 2.38 bits per heavy atom.